The van der Waals surface area contributed by atoms with Crippen LogP contribution in [0.25, 0.3) is 11.1 Å². The molecule has 2 aromatic rings. The Morgan fingerprint density at radius 3 is 2.70 bits per heavy atom. The molecule has 5 heteroatoms. The molecule has 120 valence electrons. The standard InChI is InChI=1S/C18H16ClIO3/c19-17-5-2-13(20)10-15(17)16-9-12(11-21)1-6-18(16)23-8-7-22-14-3-4-14/h1-2,5-6,9-11,14H,3-4,7-8H2. The summed E-state index contributed by atoms with van der Waals surface area (Å²) in [5.41, 5.74) is 2.28. The quantitative estimate of drug-likeness (QED) is 0.345. The SMILES string of the molecule is O=Cc1ccc(OCCOC2CC2)c(-c2cc(I)ccc2Cl)c1. The summed E-state index contributed by atoms with van der Waals surface area (Å²) in [5, 5.41) is 0.632. The molecule has 0 heterocycles. The van der Waals surface area contributed by atoms with Crippen LogP contribution in [0.1, 0.15) is 23.2 Å². The Kier molecular flexibility index (Phi) is 5.56. The molecule has 0 radical (unpaired) electrons. The molecule has 0 N–H and O–H groups in total. The Balaban J connectivity index is 1.85. The van der Waals surface area contributed by atoms with Crippen molar-refractivity contribution in [2.24, 2.45) is 0 Å². The lowest BCUT2D eigenvalue weighted by atomic mass is 10.0. The Bertz CT molecular complexity index is 713. The van der Waals surface area contributed by atoms with E-state index in [0.717, 1.165) is 33.8 Å². The van der Waals surface area contributed by atoms with Gasteiger partial charge in [0.2, 0.25) is 0 Å². The average Bonchev–Trinajstić information content (AvgIpc) is 3.38. The fourth-order valence-corrected chi connectivity index (χ4v) is 2.97. The van der Waals surface area contributed by atoms with E-state index in [-0.39, 0.29) is 0 Å². The molecule has 0 spiro atoms. The number of halogens is 2. The smallest absolute Gasteiger partial charge is 0.150 e. The van der Waals surface area contributed by atoms with Crippen LogP contribution < -0.4 is 4.74 Å². The summed E-state index contributed by atoms with van der Waals surface area (Å²) in [6, 6.07) is 11.1. The van der Waals surface area contributed by atoms with Gasteiger partial charge < -0.3 is 9.47 Å². The van der Waals surface area contributed by atoms with Gasteiger partial charge in [0.1, 0.15) is 18.6 Å². The molecule has 2 aromatic carbocycles. The summed E-state index contributed by atoms with van der Waals surface area (Å²) in [6.07, 6.45) is 3.54. The summed E-state index contributed by atoms with van der Waals surface area (Å²) in [5.74, 6) is 0.707. The van der Waals surface area contributed by atoms with Crippen LogP contribution in [0.15, 0.2) is 36.4 Å². The van der Waals surface area contributed by atoms with Gasteiger partial charge in [-0.1, -0.05) is 11.6 Å². The third kappa shape index (κ3) is 4.46. The largest absolute Gasteiger partial charge is 0.491 e. The van der Waals surface area contributed by atoms with E-state index in [0.29, 0.717) is 35.7 Å². The number of benzene rings is 2. The van der Waals surface area contributed by atoms with Crippen LogP contribution in [0.5, 0.6) is 5.75 Å². The fraction of sp³-hybridized carbons (Fsp3) is 0.278. The Labute approximate surface area is 154 Å². The van der Waals surface area contributed by atoms with Crippen molar-refractivity contribution in [3.05, 3.63) is 50.6 Å². The molecule has 0 atom stereocenters. The topological polar surface area (TPSA) is 35.5 Å². The second-order valence-corrected chi connectivity index (χ2v) is 7.07. The molecule has 0 aliphatic heterocycles. The van der Waals surface area contributed by atoms with Crippen molar-refractivity contribution in [2.45, 2.75) is 18.9 Å². The lowest BCUT2D eigenvalue weighted by Gasteiger charge is -2.14. The minimum absolute atomic E-state index is 0.417. The fourth-order valence-electron chi connectivity index (χ4n) is 2.26. The highest BCUT2D eigenvalue weighted by atomic mass is 127. The third-order valence-electron chi connectivity index (χ3n) is 3.58. The van der Waals surface area contributed by atoms with Gasteiger partial charge in [-0.05, 0) is 71.8 Å². The van der Waals surface area contributed by atoms with E-state index >= 15 is 0 Å². The van der Waals surface area contributed by atoms with Crippen molar-refractivity contribution < 1.29 is 14.3 Å². The van der Waals surface area contributed by atoms with Crippen LogP contribution in [-0.2, 0) is 4.74 Å². The summed E-state index contributed by atoms with van der Waals surface area (Å²) in [6.45, 7) is 1.05. The molecule has 1 saturated carbocycles. The van der Waals surface area contributed by atoms with Crippen LogP contribution in [-0.4, -0.2) is 25.6 Å². The van der Waals surface area contributed by atoms with Crippen LogP contribution >= 0.6 is 34.2 Å². The number of hydrogen-bond donors (Lipinski definition) is 0. The molecule has 0 amide bonds. The van der Waals surface area contributed by atoms with E-state index in [1.54, 1.807) is 12.1 Å². The van der Waals surface area contributed by atoms with Crippen LogP contribution in [0, 0.1) is 3.57 Å². The van der Waals surface area contributed by atoms with E-state index in [2.05, 4.69) is 22.6 Å². The van der Waals surface area contributed by atoms with E-state index < -0.39 is 0 Å². The van der Waals surface area contributed by atoms with Crippen molar-refractivity contribution in [2.75, 3.05) is 13.2 Å². The molecule has 3 rings (SSSR count). The van der Waals surface area contributed by atoms with Crippen LogP contribution in [0.2, 0.25) is 5.02 Å². The summed E-state index contributed by atoms with van der Waals surface area (Å²) in [4.78, 5) is 11.1. The second-order valence-electron chi connectivity index (χ2n) is 5.42. The molecular weight excluding hydrogens is 427 g/mol. The van der Waals surface area contributed by atoms with Gasteiger partial charge in [-0.25, -0.2) is 0 Å². The lowest BCUT2D eigenvalue weighted by Crippen LogP contribution is -2.08. The minimum Gasteiger partial charge on any atom is -0.491 e. The first-order valence-electron chi connectivity index (χ1n) is 7.46. The first-order chi connectivity index (χ1) is 11.2. The summed E-state index contributed by atoms with van der Waals surface area (Å²) < 4.78 is 12.5. The second kappa shape index (κ2) is 7.64. The Hall–Kier alpha value is -1.11. The molecule has 23 heavy (non-hydrogen) atoms. The molecule has 1 aliphatic rings. The van der Waals surface area contributed by atoms with Gasteiger partial charge in [0.15, 0.2) is 0 Å². The van der Waals surface area contributed by atoms with E-state index in [9.17, 15) is 4.79 Å². The molecule has 0 unspecified atom stereocenters. The molecule has 0 aromatic heterocycles. The predicted octanol–water partition coefficient (Wildman–Crippen LogP) is 4.98. The van der Waals surface area contributed by atoms with Gasteiger partial charge in [0.25, 0.3) is 0 Å². The van der Waals surface area contributed by atoms with Crippen molar-refractivity contribution in [1.29, 1.82) is 0 Å². The molecule has 1 fully saturated rings. The normalized spacial score (nSPS) is 13.8. The maximum absolute atomic E-state index is 11.1. The molecule has 0 saturated heterocycles. The van der Waals surface area contributed by atoms with E-state index in [4.69, 9.17) is 21.1 Å². The third-order valence-corrected chi connectivity index (χ3v) is 4.58. The predicted molar refractivity (Wildman–Crippen MR) is 99.5 cm³/mol. The Morgan fingerprint density at radius 1 is 1.13 bits per heavy atom. The number of carbonyl (C=O) groups excluding carboxylic acids is 1. The maximum atomic E-state index is 11.1. The zero-order chi connectivity index (χ0) is 16.2. The maximum Gasteiger partial charge on any atom is 0.150 e. The number of ether oxygens (including phenoxy) is 2. The summed E-state index contributed by atoms with van der Waals surface area (Å²) >= 11 is 8.58. The number of rotatable bonds is 7. The number of hydrogen-bond acceptors (Lipinski definition) is 3. The highest BCUT2D eigenvalue weighted by Crippen LogP contribution is 2.36. The van der Waals surface area contributed by atoms with Crippen LogP contribution in [0.3, 0.4) is 0 Å². The van der Waals surface area contributed by atoms with Crippen molar-refractivity contribution in [3.8, 4) is 16.9 Å². The summed E-state index contributed by atoms with van der Waals surface area (Å²) in [7, 11) is 0. The minimum atomic E-state index is 0.417. The first kappa shape index (κ1) is 16.7. The Morgan fingerprint density at radius 2 is 1.96 bits per heavy atom. The van der Waals surface area contributed by atoms with Gasteiger partial charge in [-0.3, -0.25) is 4.79 Å². The highest BCUT2D eigenvalue weighted by molar-refractivity contribution is 14.1. The van der Waals surface area contributed by atoms with Gasteiger partial charge >= 0.3 is 0 Å². The monoisotopic (exact) mass is 442 g/mol. The van der Waals surface area contributed by atoms with E-state index in [1.165, 1.54) is 0 Å². The molecule has 0 bridgehead atoms. The van der Waals surface area contributed by atoms with Crippen molar-refractivity contribution in [3.63, 3.8) is 0 Å². The average molecular weight is 443 g/mol. The highest BCUT2D eigenvalue weighted by Gasteiger charge is 2.21. The zero-order valence-electron chi connectivity index (χ0n) is 12.4. The van der Waals surface area contributed by atoms with Gasteiger partial charge in [0.05, 0.1) is 12.7 Å². The van der Waals surface area contributed by atoms with Crippen LogP contribution in [0.4, 0.5) is 0 Å². The molecule has 1 aliphatic carbocycles. The van der Waals surface area contributed by atoms with Gasteiger partial charge in [-0.2, -0.15) is 0 Å². The zero-order valence-corrected chi connectivity index (χ0v) is 15.3. The first-order valence-corrected chi connectivity index (χ1v) is 8.92. The van der Waals surface area contributed by atoms with E-state index in [1.807, 2.05) is 24.3 Å². The van der Waals surface area contributed by atoms with Crippen molar-refractivity contribution in [1.82, 2.24) is 0 Å². The molecule has 3 nitrogen and oxygen atoms in total. The van der Waals surface area contributed by atoms with Gasteiger partial charge in [-0.15, -0.1) is 0 Å². The lowest BCUT2D eigenvalue weighted by molar-refractivity contribution is 0.0882. The van der Waals surface area contributed by atoms with Gasteiger partial charge in [0, 0.05) is 25.3 Å². The molecular formula is C18H16ClIO3. The van der Waals surface area contributed by atoms with Crippen molar-refractivity contribution >= 4 is 40.5 Å². The number of carbonyl (C=O) groups is 1. The number of aldehydes is 1.